The van der Waals surface area contributed by atoms with Crippen molar-refractivity contribution < 1.29 is 18.1 Å². The van der Waals surface area contributed by atoms with Crippen molar-refractivity contribution in [2.75, 3.05) is 0 Å². The minimum atomic E-state index is -4.50. The van der Waals surface area contributed by atoms with E-state index in [1.165, 1.54) is 30.5 Å². The standard InChI is InChI=1S/C11H5F3N4O2S/c12-11(13,14)9-16-17-5-8(15-10(17)21-9)6-1-3-7(4-2-6)18(19)20/h1-5H. The fourth-order valence-corrected chi connectivity index (χ4v) is 2.46. The Labute approximate surface area is 118 Å². The lowest BCUT2D eigenvalue weighted by Crippen LogP contribution is -2.04. The van der Waals surface area contributed by atoms with Crippen molar-refractivity contribution in [2.24, 2.45) is 0 Å². The summed E-state index contributed by atoms with van der Waals surface area (Å²) in [5, 5.41) is 13.0. The summed E-state index contributed by atoms with van der Waals surface area (Å²) in [6.07, 6.45) is -3.15. The second kappa shape index (κ2) is 4.52. The van der Waals surface area contributed by atoms with Gasteiger partial charge in [0.15, 0.2) is 0 Å². The van der Waals surface area contributed by atoms with E-state index in [4.69, 9.17) is 0 Å². The first-order chi connectivity index (χ1) is 9.84. The van der Waals surface area contributed by atoms with Crippen molar-refractivity contribution in [3.8, 4) is 11.3 Å². The summed E-state index contributed by atoms with van der Waals surface area (Å²) in [6.45, 7) is 0. The number of non-ortho nitro benzene ring substituents is 1. The number of hydrogen-bond acceptors (Lipinski definition) is 5. The average Bonchev–Trinajstić information content (AvgIpc) is 2.96. The first-order valence-corrected chi connectivity index (χ1v) is 6.34. The zero-order valence-corrected chi connectivity index (χ0v) is 10.9. The summed E-state index contributed by atoms with van der Waals surface area (Å²) in [4.78, 5) is 14.2. The number of imidazole rings is 1. The topological polar surface area (TPSA) is 73.3 Å². The van der Waals surface area contributed by atoms with Crippen LogP contribution >= 0.6 is 11.3 Å². The third kappa shape index (κ3) is 2.44. The van der Waals surface area contributed by atoms with Crippen molar-refractivity contribution in [1.29, 1.82) is 0 Å². The number of nitro benzene ring substituents is 1. The molecule has 0 bridgehead atoms. The predicted octanol–water partition coefficient (Wildman–Crippen LogP) is 3.38. The van der Waals surface area contributed by atoms with Crippen LogP contribution in [0.5, 0.6) is 0 Å². The maximum Gasteiger partial charge on any atom is 0.445 e. The number of nitro groups is 1. The van der Waals surface area contributed by atoms with Crippen molar-refractivity contribution in [3.05, 3.63) is 45.6 Å². The molecule has 0 radical (unpaired) electrons. The number of fused-ring (bicyclic) bond motifs is 1. The molecular formula is C11H5F3N4O2S. The second-order valence-electron chi connectivity index (χ2n) is 4.06. The molecule has 0 aliphatic carbocycles. The van der Waals surface area contributed by atoms with Crippen molar-refractivity contribution in [1.82, 2.24) is 14.6 Å². The van der Waals surface area contributed by atoms with E-state index in [0.29, 0.717) is 22.6 Å². The highest BCUT2D eigenvalue weighted by atomic mass is 32.1. The van der Waals surface area contributed by atoms with Crippen LogP contribution in [0.15, 0.2) is 30.5 Å². The van der Waals surface area contributed by atoms with Gasteiger partial charge in [-0.2, -0.15) is 13.2 Å². The number of hydrogen-bond donors (Lipinski definition) is 0. The molecule has 0 atom stereocenters. The van der Waals surface area contributed by atoms with Crippen LogP contribution in [0.25, 0.3) is 16.2 Å². The molecule has 0 aliphatic heterocycles. The summed E-state index contributed by atoms with van der Waals surface area (Å²) in [7, 11) is 0. The fraction of sp³-hybridized carbons (Fsp3) is 0.0909. The molecule has 0 fully saturated rings. The lowest BCUT2D eigenvalue weighted by Gasteiger charge is -1.98. The van der Waals surface area contributed by atoms with Gasteiger partial charge in [-0.05, 0) is 12.1 Å². The van der Waals surface area contributed by atoms with Gasteiger partial charge in [0.05, 0.1) is 16.8 Å². The van der Waals surface area contributed by atoms with Crippen LogP contribution in [0.4, 0.5) is 18.9 Å². The smallest absolute Gasteiger partial charge is 0.258 e. The van der Waals surface area contributed by atoms with Gasteiger partial charge in [0.2, 0.25) is 9.97 Å². The highest BCUT2D eigenvalue weighted by Gasteiger charge is 2.35. The van der Waals surface area contributed by atoms with E-state index in [1.54, 1.807) is 0 Å². The summed E-state index contributed by atoms with van der Waals surface area (Å²) < 4.78 is 38.5. The van der Waals surface area contributed by atoms with E-state index < -0.39 is 16.1 Å². The molecule has 2 heterocycles. The Morgan fingerprint density at radius 3 is 2.43 bits per heavy atom. The molecule has 10 heteroatoms. The van der Waals surface area contributed by atoms with Gasteiger partial charge in [0.25, 0.3) is 5.69 Å². The summed E-state index contributed by atoms with van der Waals surface area (Å²) >= 11 is 0.435. The minimum Gasteiger partial charge on any atom is -0.258 e. The molecule has 1 aromatic carbocycles. The zero-order valence-electron chi connectivity index (χ0n) is 10.0. The Kier molecular flexibility index (Phi) is 2.90. The molecule has 108 valence electrons. The predicted molar refractivity (Wildman–Crippen MR) is 68.0 cm³/mol. The molecule has 0 unspecified atom stereocenters. The zero-order chi connectivity index (χ0) is 15.2. The molecule has 21 heavy (non-hydrogen) atoms. The molecule has 0 amide bonds. The van der Waals surface area contributed by atoms with Gasteiger partial charge in [0, 0.05) is 17.7 Å². The van der Waals surface area contributed by atoms with E-state index in [-0.39, 0.29) is 10.6 Å². The Bertz CT molecular complexity index is 791. The number of aromatic nitrogens is 3. The lowest BCUT2D eigenvalue weighted by molar-refractivity contribution is -0.384. The number of rotatable bonds is 2. The van der Waals surface area contributed by atoms with Crippen LogP contribution in [-0.4, -0.2) is 19.5 Å². The molecule has 0 aliphatic rings. The number of benzene rings is 1. The summed E-state index contributed by atoms with van der Waals surface area (Å²) in [5.74, 6) is 0. The van der Waals surface area contributed by atoms with E-state index >= 15 is 0 Å². The summed E-state index contributed by atoms with van der Waals surface area (Å²) in [5.41, 5.74) is 0.890. The second-order valence-corrected chi connectivity index (χ2v) is 5.02. The molecule has 0 saturated carbocycles. The molecular weight excluding hydrogens is 309 g/mol. The van der Waals surface area contributed by atoms with Gasteiger partial charge in [-0.3, -0.25) is 10.1 Å². The lowest BCUT2D eigenvalue weighted by atomic mass is 10.1. The monoisotopic (exact) mass is 314 g/mol. The van der Waals surface area contributed by atoms with Crippen LogP contribution in [0.3, 0.4) is 0 Å². The van der Waals surface area contributed by atoms with Crippen LogP contribution in [0.1, 0.15) is 5.01 Å². The average molecular weight is 314 g/mol. The number of nitrogens with zero attached hydrogens (tertiary/aromatic N) is 4. The van der Waals surface area contributed by atoms with Crippen molar-refractivity contribution in [2.45, 2.75) is 6.18 Å². The first kappa shape index (κ1) is 13.5. The Morgan fingerprint density at radius 2 is 1.90 bits per heavy atom. The molecule has 2 aromatic heterocycles. The van der Waals surface area contributed by atoms with Gasteiger partial charge in [-0.1, -0.05) is 11.3 Å². The molecule has 3 aromatic rings. The fourth-order valence-electron chi connectivity index (χ4n) is 1.71. The first-order valence-electron chi connectivity index (χ1n) is 5.53. The highest BCUT2D eigenvalue weighted by Crippen LogP contribution is 2.33. The van der Waals surface area contributed by atoms with E-state index in [2.05, 4.69) is 10.1 Å². The van der Waals surface area contributed by atoms with Gasteiger partial charge < -0.3 is 0 Å². The van der Waals surface area contributed by atoms with E-state index in [1.807, 2.05) is 0 Å². The van der Waals surface area contributed by atoms with Crippen molar-refractivity contribution >= 4 is 22.0 Å². The largest absolute Gasteiger partial charge is 0.445 e. The normalized spacial score (nSPS) is 12.0. The van der Waals surface area contributed by atoms with Crippen LogP contribution in [-0.2, 0) is 6.18 Å². The molecule has 0 saturated heterocycles. The van der Waals surface area contributed by atoms with E-state index in [0.717, 1.165) is 4.52 Å². The van der Waals surface area contributed by atoms with Gasteiger partial charge >= 0.3 is 6.18 Å². The highest BCUT2D eigenvalue weighted by molar-refractivity contribution is 7.16. The van der Waals surface area contributed by atoms with Crippen LogP contribution in [0.2, 0.25) is 0 Å². The number of halogens is 3. The maximum atomic E-state index is 12.5. The van der Waals surface area contributed by atoms with Gasteiger partial charge in [0.1, 0.15) is 0 Å². The Hall–Kier alpha value is -2.49. The SMILES string of the molecule is O=[N+]([O-])c1ccc(-c2cn3nc(C(F)(F)F)sc3n2)cc1. The maximum absolute atomic E-state index is 12.5. The van der Waals surface area contributed by atoms with Crippen molar-refractivity contribution in [3.63, 3.8) is 0 Å². The van der Waals surface area contributed by atoms with E-state index in [9.17, 15) is 23.3 Å². The quantitative estimate of drug-likeness (QED) is 0.537. The van der Waals surface area contributed by atoms with Crippen LogP contribution in [0, 0.1) is 10.1 Å². The molecule has 6 nitrogen and oxygen atoms in total. The third-order valence-electron chi connectivity index (χ3n) is 2.66. The Morgan fingerprint density at radius 1 is 1.24 bits per heavy atom. The van der Waals surface area contributed by atoms with Crippen LogP contribution < -0.4 is 0 Å². The van der Waals surface area contributed by atoms with Gasteiger partial charge in [-0.15, -0.1) is 5.10 Å². The summed E-state index contributed by atoms with van der Waals surface area (Å²) in [6, 6.07) is 5.57. The Balaban J connectivity index is 1.98. The molecule has 0 N–H and O–H groups in total. The minimum absolute atomic E-state index is 0.0720. The third-order valence-corrected chi connectivity index (χ3v) is 3.63. The molecule has 3 rings (SSSR count). The number of alkyl halides is 3. The van der Waals surface area contributed by atoms with Gasteiger partial charge in [-0.25, -0.2) is 9.50 Å². The molecule has 0 spiro atoms.